The van der Waals surface area contributed by atoms with E-state index < -0.39 is 0 Å². The van der Waals surface area contributed by atoms with Gasteiger partial charge in [-0.15, -0.1) is 0 Å². The number of rotatable bonds is 18. The van der Waals surface area contributed by atoms with Gasteiger partial charge in [0.1, 0.15) is 23.0 Å². The van der Waals surface area contributed by atoms with Crippen LogP contribution in [0.1, 0.15) is 109 Å². The van der Waals surface area contributed by atoms with Crippen LogP contribution in [0.4, 0.5) is 0 Å². The first-order valence-electron chi connectivity index (χ1n) is 23.1. The lowest BCUT2D eigenvalue weighted by Crippen LogP contribution is -2.34. The van der Waals surface area contributed by atoms with Gasteiger partial charge in [-0.25, -0.2) is 5.84 Å². The monoisotopic (exact) mass is 1040 g/mol. The number of nitrogens with two attached hydrogens (primary N) is 4. The average molecular weight is 1040 g/mol. The van der Waals surface area contributed by atoms with Crippen molar-refractivity contribution in [3.63, 3.8) is 0 Å². The third-order valence-electron chi connectivity index (χ3n) is 9.47. The lowest BCUT2D eigenvalue weighted by atomic mass is 9.96. The summed E-state index contributed by atoms with van der Waals surface area (Å²) in [7, 11) is 0. The fourth-order valence-electron chi connectivity index (χ4n) is 6.60. The molecule has 0 heterocycles. The Morgan fingerprint density at radius 3 is 0.890 bits per heavy atom. The number of hydrogen-bond donors (Lipinski definition) is 7. The minimum absolute atomic E-state index is 0.0602. The number of hydrogen-bond acceptors (Lipinski definition) is 12. The van der Waals surface area contributed by atoms with E-state index in [1.54, 1.807) is 72.8 Å². The van der Waals surface area contributed by atoms with Crippen LogP contribution in [0, 0.1) is 0 Å². The molecule has 0 aliphatic rings. The Kier molecular flexibility index (Phi) is 22.9. The van der Waals surface area contributed by atoms with Crippen LogP contribution < -0.4 is 58.3 Å². The van der Waals surface area contributed by atoms with Crippen molar-refractivity contribution >= 4 is 75.0 Å². The summed E-state index contributed by atoms with van der Waals surface area (Å²) in [6, 6.07) is 44.0. The van der Waals surface area contributed by atoms with E-state index >= 15 is 0 Å². The molecule has 0 spiro atoms. The number of hydrazone groups is 2. The van der Waals surface area contributed by atoms with E-state index in [0.29, 0.717) is 33.7 Å². The summed E-state index contributed by atoms with van der Waals surface area (Å²) >= 11 is 14.2. The predicted molar refractivity (Wildman–Crippen MR) is 304 cm³/mol. The maximum atomic E-state index is 12.9. The highest BCUT2D eigenvalue weighted by atomic mass is 32.1. The molecule has 0 aliphatic heterocycles. The van der Waals surface area contributed by atoms with Crippen molar-refractivity contribution in [2.75, 3.05) is 0 Å². The summed E-state index contributed by atoms with van der Waals surface area (Å²) in [5, 5.41) is 9.21. The minimum Gasteiger partial charge on any atom is -0.491 e. The lowest BCUT2D eigenvalue weighted by molar-refractivity contribution is 0.103. The van der Waals surface area contributed by atoms with Gasteiger partial charge in [0, 0.05) is 44.5 Å². The number of carbonyl (C=O) groups is 2. The van der Waals surface area contributed by atoms with Gasteiger partial charge in [0.05, 0.1) is 35.8 Å². The van der Waals surface area contributed by atoms with Crippen molar-refractivity contribution in [3.8, 4) is 23.0 Å². The largest absolute Gasteiger partial charge is 0.491 e. The summed E-state index contributed by atoms with van der Waals surface area (Å²) < 4.78 is 22.8. The Morgan fingerprint density at radius 2 is 0.644 bits per heavy atom. The van der Waals surface area contributed by atoms with E-state index in [1.807, 2.05) is 134 Å². The Bertz CT molecular complexity index is 2680. The van der Waals surface area contributed by atoms with Gasteiger partial charge in [-0.2, -0.15) is 10.2 Å². The normalized spacial score (nSPS) is 11.1. The fraction of sp³-hybridized carbons (Fsp3) is 0.218. The highest BCUT2D eigenvalue weighted by Crippen LogP contribution is 2.23. The number of nitrogens with one attached hydrogen (secondary N) is 3. The topological polar surface area (TPSA) is 236 Å². The van der Waals surface area contributed by atoms with Gasteiger partial charge in [-0.05, 0) is 201 Å². The van der Waals surface area contributed by atoms with Crippen molar-refractivity contribution in [1.29, 1.82) is 0 Å². The summed E-state index contributed by atoms with van der Waals surface area (Å²) in [6.45, 7) is 15.7. The number of benzene rings is 6. The van der Waals surface area contributed by atoms with Crippen molar-refractivity contribution in [2.45, 2.75) is 79.8 Å². The molecule has 0 amide bonds. The second-order valence-electron chi connectivity index (χ2n) is 17.0. The first-order chi connectivity index (χ1) is 34.7. The summed E-state index contributed by atoms with van der Waals surface area (Å²) in [5.41, 5.74) is 30.2. The molecule has 73 heavy (non-hydrogen) atoms. The first kappa shape index (κ1) is 57.8. The van der Waals surface area contributed by atoms with Crippen molar-refractivity contribution < 1.29 is 28.5 Å². The van der Waals surface area contributed by atoms with Crippen LogP contribution in [0.25, 0.3) is 0 Å². The average Bonchev–Trinajstić information content (AvgIpc) is 3.35. The molecule has 6 rings (SSSR count). The Morgan fingerprint density at radius 1 is 0.397 bits per heavy atom. The minimum atomic E-state index is -0.138. The maximum absolute atomic E-state index is 12.9. The van der Waals surface area contributed by atoms with Gasteiger partial charge >= 0.3 is 0 Å². The number of ether oxygens (including phenoxy) is 4. The molecule has 18 heteroatoms. The van der Waals surface area contributed by atoms with Crippen LogP contribution in [-0.2, 0) is 0 Å². The number of nitrogens with zero attached hydrogens (tertiary/aromatic N) is 2. The van der Waals surface area contributed by atoms with Crippen molar-refractivity contribution in [1.82, 2.24) is 16.3 Å². The van der Waals surface area contributed by atoms with E-state index in [0.717, 1.165) is 45.3 Å². The Balaban J connectivity index is 0.000000296. The molecule has 0 saturated heterocycles. The highest BCUT2D eigenvalue weighted by molar-refractivity contribution is 7.80. The number of thiocarbonyl (C=S) groups is 3. The van der Waals surface area contributed by atoms with Gasteiger partial charge in [0.2, 0.25) is 0 Å². The number of carbonyl (C=O) groups excluding carboxylic acids is 2. The molecule has 11 N–H and O–H groups in total. The Labute approximate surface area is 443 Å². The summed E-state index contributed by atoms with van der Waals surface area (Å²) in [5.74, 6) is 7.35. The van der Waals surface area contributed by atoms with E-state index in [2.05, 4.69) is 39.1 Å². The second-order valence-corrected chi connectivity index (χ2v) is 18.3. The molecule has 0 saturated carbocycles. The molecule has 0 atom stereocenters. The molecule has 382 valence electrons. The molecule has 0 unspecified atom stereocenters. The van der Waals surface area contributed by atoms with E-state index in [9.17, 15) is 9.59 Å². The van der Waals surface area contributed by atoms with Gasteiger partial charge in [0.25, 0.3) is 0 Å². The molecule has 6 aromatic rings. The van der Waals surface area contributed by atoms with Gasteiger partial charge in [-0.3, -0.25) is 20.4 Å². The van der Waals surface area contributed by atoms with E-state index in [-0.39, 0.29) is 51.3 Å². The van der Waals surface area contributed by atoms with Crippen LogP contribution in [0.5, 0.6) is 23.0 Å². The number of ketones is 2. The van der Waals surface area contributed by atoms with Crippen molar-refractivity contribution in [3.05, 3.63) is 190 Å². The van der Waals surface area contributed by atoms with E-state index in [4.69, 9.17) is 60.6 Å². The highest BCUT2D eigenvalue weighted by Gasteiger charge is 2.16. The molecule has 0 bridgehead atoms. The van der Waals surface area contributed by atoms with Gasteiger partial charge in [-0.1, -0.05) is 36.4 Å². The van der Waals surface area contributed by atoms with Crippen LogP contribution in [0.2, 0.25) is 0 Å². The Hall–Kier alpha value is -7.77. The zero-order valence-corrected chi connectivity index (χ0v) is 44.5. The molecular formula is C55H63N9O6S3. The fourth-order valence-corrected chi connectivity index (χ4v) is 6.69. The number of hydrazine groups is 1. The molecule has 0 radical (unpaired) electrons. The van der Waals surface area contributed by atoms with Crippen LogP contribution in [0.3, 0.4) is 0 Å². The van der Waals surface area contributed by atoms with Crippen LogP contribution in [-0.4, -0.2) is 62.7 Å². The van der Waals surface area contributed by atoms with Gasteiger partial charge in [0.15, 0.2) is 26.9 Å². The van der Waals surface area contributed by atoms with Crippen LogP contribution >= 0.6 is 36.7 Å². The zero-order chi connectivity index (χ0) is 53.6. The van der Waals surface area contributed by atoms with Crippen LogP contribution in [0.15, 0.2) is 156 Å². The summed E-state index contributed by atoms with van der Waals surface area (Å²) in [6.07, 6.45) is 0.279. The first-order valence-corrected chi connectivity index (χ1v) is 24.4. The summed E-state index contributed by atoms with van der Waals surface area (Å²) in [4.78, 5) is 25.7. The third-order valence-corrected chi connectivity index (χ3v) is 9.77. The predicted octanol–water partition coefficient (Wildman–Crippen LogP) is 8.85. The van der Waals surface area contributed by atoms with Crippen molar-refractivity contribution in [2.24, 2.45) is 33.2 Å². The SMILES string of the molecule is CC(C)Oc1ccc(C(=NNC(N)=S)c2cccc(C(=NNC(N)=S)c3ccc(OC(C)C)cc3)c2)cc1.CC(C)Oc1ccc(C(=O)c2cccc(C(=O)c3ccc(OC(C)C)cc3)c2)cc1.NNC(N)=S. The third kappa shape index (κ3) is 19.7. The van der Waals surface area contributed by atoms with E-state index in [1.165, 1.54) is 0 Å². The quantitative estimate of drug-likeness (QED) is 0.0140. The molecule has 0 fully saturated rings. The zero-order valence-electron chi connectivity index (χ0n) is 42.0. The molecule has 6 aromatic carbocycles. The molecule has 0 aliphatic carbocycles. The second kappa shape index (κ2) is 28.9. The maximum Gasteiger partial charge on any atom is 0.193 e. The standard InChI is InChI=1S/C28H32N6O2S2.C26H26O4.CH5N3S/c1-17(2)35-23-12-8-19(9-13-23)25(31-33-27(29)37)21-6-5-7-22(16-21)26(32-34-28(30)38)20-10-14-24(15-11-20)36-18(3)4;1-17(2)29-23-12-8-19(9-13-23)25(27)21-6-5-7-22(16-21)26(28)20-10-14-24(15-11-20)30-18(3)4;2-1(5)4-3/h5-18H,1-4H3,(H3,29,33,37)(H3,30,34,38);5-18H,1-4H3;3H2,(H3,2,4,5). The smallest absolute Gasteiger partial charge is 0.193 e. The molecule has 15 nitrogen and oxygen atoms in total. The molecular weight excluding hydrogens is 979 g/mol. The molecule has 0 aromatic heterocycles. The lowest BCUT2D eigenvalue weighted by Gasteiger charge is -2.14. The van der Waals surface area contributed by atoms with Gasteiger partial charge < -0.3 is 41.6 Å².